The van der Waals surface area contributed by atoms with E-state index in [-0.39, 0.29) is 46.9 Å². The van der Waals surface area contributed by atoms with Crippen molar-refractivity contribution in [1.29, 1.82) is 0 Å². The fourth-order valence-electron chi connectivity index (χ4n) is 2.70. The van der Waals surface area contributed by atoms with Crippen LogP contribution in [0.2, 0.25) is 0 Å². The van der Waals surface area contributed by atoms with E-state index in [1.165, 1.54) is 12.1 Å². The van der Waals surface area contributed by atoms with Crippen LogP contribution in [0.25, 0.3) is 0 Å². The van der Waals surface area contributed by atoms with Crippen LogP contribution in [0.1, 0.15) is 49.0 Å². The number of benzene rings is 1. The second-order valence-electron chi connectivity index (χ2n) is 6.52. The van der Waals surface area contributed by atoms with E-state index in [2.05, 4.69) is 0 Å². The second kappa shape index (κ2) is 8.51. The smallest absolute Gasteiger partial charge is 0.342 e. The summed E-state index contributed by atoms with van der Waals surface area (Å²) in [7, 11) is 0. The van der Waals surface area contributed by atoms with Crippen molar-refractivity contribution >= 4 is 11.8 Å². The normalized spacial score (nSPS) is 22.0. The predicted molar refractivity (Wildman–Crippen MR) is 94.7 cm³/mol. The third kappa shape index (κ3) is 5.21. The Kier molecular flexibility index (Phi) is 6.39. The number of esters is 1. The van der Waals surface area contributed by atoms with Crippen LogP contribution in [0.3, 0.4) is 0 Å². The first kappa shape index (κ1) is 18.8. The van der Waals surface area contributed by atoms with Crippen molar-refractivity contribution in [1.82, 2.24) is 0 Å². The monoisotopic (exact) mass is 344 g/mol. The number of phenolic OH excluding ortho intramolecular Hbond substituents is 2. The highest BCUT2D eigenvalue weighted by atomic mass is 16.5. The molecular formula is C20H24O5. The highest BCUT2D eigenvalue weighted by Crippen LogP contribution is 2.30. The van der Waals surface area contributed by atoms with E-state index < -0.39 is 5.97 Å². The number of hydrogen-bond acceptors (Lipinski definition) is 5. The number of rotatable bonds is 1. The first-order chi connectivity index (χ1) is 11.9. The van der Waals surface area contributed by atoms with Gasteiger partial charge in [-0.1, -0.05) is 32.1 Å². The van der Waals surface area contributed by atoms with Crippen LogP contribution in [-0.4, -0.2) is 28.1 Å². The summed E-state index contributed by atoms with van der Waals surface area (Å²) in [5, 5.41) is 19.8. The van der Waals surface area contributed by atoms with Gasteiger partial charge < -0.3 is 14.9 Å². The Morgan fingerprint density at radius 1 is 1.08 bits per heavy atom. The van der Waals surface area contributed by atoms with Crippen LogP contribution in [-0.2, 0) is 16.0 Å². The Bertz CT molecular complexity index is 700. The van der Waals surface area contributed by atoms with Crippen LogP contribution < -0.4 is 0 Å². The van der Waals surface area contributed by atoms with Crippen molar-refractivity contribution in [3.8, 4) is 11.5 Å². The molecule has 0 saturated carbocycles. The number of ether oxygens (including phenoxy) is 1. The van der Waals surface area contributed by atoms with Gasteiger partial charge in [0.2, 0.25) is 0 Å². The van der Waals surface area contributed by atoms with E-state index in [9.17, 15) is 19.8 Å². The van der Waals surface area contributed by atoms with Crippen molar-refractivity contribution < 1.29 is 24.5 Å². The van der Waals surface area contributed by atoms with Gasteiger partial charge in [0.15, 0.2) is 5.78 Å². The molecule has 1 aromatic carbocycles. The Hall–Kier alpha value is -2.56. The van der Waals surface area contributed by atoms with Crippen molar-refractivity contribution in [3.63, 3.8) is 0 Å². The van der Waals surface area contributed by atoms with Gasteiger partial charge in [-0.05, 0) is 36.5 Å². The van der Waals surface area contributed by atoms with Crippen molar-refractivity contribution in [2.75, 3.05) is 0 Å². The summed E-state index contributed by atoms with van der Waals surface area (Å²) in [6.45, 7) is 3.91. The molecule has 0 saturated heterocycles. The first-order valence-corrected chi connectivity index (χ1v) is 8.48. The fourth-order valence-corrected chi connectivity index (χ4v) is 2.70. The standard InChI is InChI=1S/C20H24O5/c1-13(2)18-9-7-5-3-4-6-8-15(21)10-14-11-16(22)12-17(23)19(14)20(24)25-18/h5-8,11-13,18,22-23H,3-4,9-10H2,1-2H3/b7-5+,8-6+/t18-/m0/s1. The molecular weight excluding hydrogens is 320 g/mol. The van der Waals surface area contributed by atoms with Gasteiger partial charge in [0.25, 0.3) is 0 Å². The maximum Gasteiger partial charge on any atom is 0.342 e. The van der Waals surface area contributed by atoms with Crippen LogP contribution >= 0.6 is 0 Å². The molecule has 5 heteroatoms. The molecule has 0 spiro atoms. The van der Waals surface area contributed by atoms with Gasteiger partial charge in [-0.3, -0.25) is 4.79 Å². The number of carbonyl (C=O) groups excluding carboxylic acids is 2. The summed E-state index contributed by atoms with van der Waals surface area (Å²) in [6.07, 6.45) is 8.94. The average Bonchev–Trinajstić information content (AvgIpc) is 2.51. The SMILES string of the molecule is CC(C)[C@@H]1C/C=C/CC/C=C/C(=O)Cc2cc(O)cc(O)c2C(=O)O1. The average molecular weight is 344 g/mol. The third-order valence-corrected chi connectivity index (χ3v) is 4.09. The number of phenols is 2. The van der Waals surface area contributed by atoms with E-state index in [4.69, 9.17) is 4.74 Å². The van der Waals surface area contributed by atoms with Gasteiger partial charge in [0.05, 0.1) is 0 Å². The van der Waals surface area contributed by atoms with Crippen LogP contribution in [0, 0.1) is 5.92 Å². The van der Waals surface area contributed by atoms with Crippen LogP contribution in [0.4, 0.5) is 0 Å². The largest absolute Gasteiger partial charge is 0.508 e. The Morgan fingerprint density at radius 2 is 1.80 bits per heavy atom. The molecule has 1 atom stereocenters. The third-order valence-electron chi connectivity index (χ3n) is 4.09. The molecule has 2 rings (SSSR count). The van der Waals surface area contributed by atoms with E-state index in [0.717, 1.165) is 18.9 Å². The Morgan fingerprint density at radius 3 is 2.52 bits per heavy atom. The molecule has 1 aromatic rings. The van der Waals surface area contributed by atoms with Gasteiger partial charge >= 0.3 is 5.97 Å². The lowest BCUT2D eigenvalue weighted by Crippen LogP contribution is -2.24. The highest BCUT2D eigenvalue weighted by Gasteiger charge is 2.24. The fraction of sp³-hybridized carbons (Fsp3) is 0.400. The number of fused-ring (bicyclic) bond motifs is 1. The summed E-state index contributed by atoms with van der Waals surface area (Å²) in [5.41, 5.74) is 0.193. The van der Waals surface area contributed by atoms with Crippen molar-refractivity contribution in [3.05, 3.63) is 47.6 Å². The van der Waals surface area contributed by atoms with Crippen LogP contribution in [0.15, 0.2) is 36.4 Å². The molecule has 0 amide bonds. The van der Waals surface area contributed by atoms with Crippen LogP contribution in [0.5, 0.6) is 11.5 Å². The molecule has 134 valence electrons. The molecule has 0 bridgehead atoms. The molecule has 0 unspecified atom stereocenters. The maximum absolute atomic E-state index is 12.6. The van der Waals surface area contributed by atoms with Gasteiger partial charge in [-0.2, -0.15) is 0 Å². The summed E-state index contributed by atoms with van der Waals surface area (Å²) in [5.74, 6) is -1.38. The molecule has 1 aliphatic rings. The van der Waals surface area contributed by atoms with E-state index in [1.807, 2.05) is 26.0 Å². The quantitative estimate of drug-likeness (QED) is 0.600. The molecule has 1 heterocycles. The van der Waals surface area contributed by atoms with Crippen molar-refractivity contribution in [2.45, 2.75) is 45.6 Å². The van der Waals surface area contributed by atoms with Crippen molar-refractivity contribution in [2.24, 2.45) is 5.92 Å². The maximum atomic E-state index is 12.6. The minimum absolute atomic E-state index is 0.0637. The predicted octanol–water partition coefficient (Wildman–Crippen LogP) is 3.69. The topological polar surface area (TPSA) is 83.8 Å². The summed E-state index contributed by atoms with van der Waals surface area (Å²) < 4.78 is 5.58. The lowest BCUT2D eigenvalue weighted by atomic mass is 9.99. The zero-order chi connectivity index (χ0) is 18.4. The molecule has 2 N–H and O–H groups in total. The molecule has 0 fully saturated rings. The van der Waals surface area contributed by atoms with E-state index >= 15 is 0 Å². The Balaban J connectivity index is 2.43. The number of aromatic hydroxyl groups is 2. The molecule has 5 nitrogen and oxygen atoms in total. The molecule has 25 heavy (non-hydrogen) atoms. The Labute approximate surface area is 147 Å². The molecule has 0 aromatic heterocycles. The summed E-state index contributed by atoms with van der Waals surface area (Å²) in [4.78, 5) is 24.7. The van der Waals surface area contributed by atoms with E-state index in [0.29, 0.717) is 6.42 Å². The summed E-state index contributed by atoms with van der Waals surface area (Å²) >= 11 is 0. The number of allylic oxidation sites excluding steroid dienone is 3. The zero-order valence-corrected chi connectivity index (χ0v) is 14.6. The molecule has 0 radical (unpaired) electrons. The minimum Gasteiger partial charge on any atom is -0.508 e. The number of carbonyl (C=O) groups is 2. The number of ketones is 1. The second-order valence-corrected chi connectivity index (χ2v) is 6.52. The zero-order valence-electron chi connectivity index (χ0n) is 14.6. The lowest BCUT2D eigenvalue weighted by Gasteiger charge is -2.21. The van der Waals surface area contributed by atoms with Gasteiger partial charge in [0, 0.05) is 18.9 Å². The summed E-state index contributed by atoms with van der Waals surface area (Å²) in [6, 6.07) is 2.39. The van der Waals surface area contributed by atoms with Gasteiger partial charge in [0.1, 0.15) is 23.2 Å². The lowest BCUT2D eigenvalue weighted by molar-refractivity contribution is -0.114. The highest BCUT2D eigenvalue weighted by molar-refractivity contribution is 5.98. The molecule has 0 aliphatic carbocycles. The molecule has 1 aliphatic heterocycles. The minimum atomic E-state index is -0.687. The first-order valence-electron chi connectivity index (χ1n) is 8.48. The van der Waals surface area contributed by atoms with Gasteiger partial charge in [-0.25, -0.2) is 4.79 Å². The van der Waals surface area contributed by atoms with Gasteiger partial charge in [-0.15, -0.1) is 0 Å². The number of cyclic esters (lactones) is 1. The van der Waals surface area contributed by atoms with E-state index in [1.54, 1.807) is 6.08 Å². The number of hydrogen-bond donors (Lipinski definition) is 2.